The first-order valence-corrected chi connectivity index (χ1v) is 3.19. The zero-order valence-electron chi connectivity index (χ0n) is 2.36. The van der Waals surface area contributed by atoms with Crippen molar-refractivity contribution >= 4 is 22.5 Å². The monoisotopic (exact) mass is 165 g/mol. The molecule has 0 aliphatic rings. The zero-order chi connectivity index (χ0) is 3.41. The molecule has 0 aromatic carbocycles. The van der Waals surface area contributed by atoms with Crippen LogP contribution in [0.3, 0.4) is 0 Å². The van der Waals surface area contributed by atoms with E-state index >= 15 is 0 Å². The van der Waals surface area contributed by atoms with E-state index in [0.717, 1.165) is 4.44 Å². The van der Waals surface area contributed by atoms with Crippen LogP contribution in [0.15, 0.2) is 0 Å². The van der Waals surface area contributed by atoms with Gasteiger partial charge in [-0.25, -0.2) is 0 Å². The second kappa shape index (κ2) is 3.76. The molecule has 0 saturated heterocycles. The van der Waals surface area contributed by atoms with E-state index in [2.05, 4.69) is 0 Å². The van der Waals surface area contributed by atoms with Crippen molar-refractivity contribution in [1.29, 1.82) is 0 Å². The Morgan fingerprint density at radius 3 is 2.00 bits per heavy atom. The summed E-state index contributed by atoms with van der Waals surface area (Å²) in [5.74, 6) is 0. The van der Waals surface area contributed by atoms with Crippen LogP contribution < -0.4 is 0 Å². The van der Waals surface area contributed by atoms with E-state index in [0.29, 0.717) is 6.61 Å². The third kappa shape index (κ3) is 2.76. The van der Waals surface area contributed by atoms with E-state index < -0.39 is 0 Å². The Kier molecular flexibility index (Phi) is 4.47. The molecular formula is C2H5OSn. The second-order valence-electron chi connectivity index (χ2n) is 0.474. The van der Waals surface area contributed by atoms with Gasteiger partial charge < -0.3 is 0 Å². The van der Waals surface area contributed by atoms with E-state index in [-0.39, 0.29) is 0 Å². The normalized spacial score (nSPS) is 7.50. The van der Waals surface area contributed by atoms with E-state index in [1.807, 2.05) is 0 Å². The van der Waals surface area contributed by atoms with Gasteiger partial charge in [0.25, 0.3) is 0 Å². The third-order valence-corrected chi connectivity index (χ3v) is 0.750. The summed E-state index contributed by atoms with van der Waals surface area (Å²) in [4.78, 5) is 0. The maximum atomic E-state index is 7.90. The number of hydrogen-bond donors (Lipinski definition) is 1. The molecule has 0 aromatic heterocycles. The van der Waals surface area contributed by atoms with Gasteiger partial charge in [0.2, 0.25) is 0 Å². The van der Waals surface area contributed by atoms with E-state index in [1.54, 1.807) is 0 Å². The van der Waals surface area contributed by atoms with Crippen molar-refractivity contribution in [3.05, 3.63) is 0 Å². The Morgan fingerprint density at radius 2 is 2.00 bits per heavy atom. The van der Waals surface area contributed by atoms with Crippen molar-refractivity contribution in [3.8, 4) is 0 Å². The molecule has 23 valence electrons. The standard InChI is InChI=1S/C2H5O.Sn/c1-2-3;/h3H,1-2H2;. The number of rotatable bonds is 1. The van der Waals surface area contributed by atoms with Crippen LogP contribution in [-0.4, -0.2) is 34.2 Å². The van der Waals surface area contributed by atoms with E-state index in [1.165, 1.54) is 22.5 Å². The molecule has 0 unspecified atom stereocenters. The Hall–Kier alpha value is 0.759. The Morgan fingerprint density at radius 1 is 1.75 bits per heavy atom. The molecular weight excluding hydrogens is 159 g/mol. The first-order valence-electron chi connectivity index (χ1n) is 1.17. The quantitative estimate of drug-likeness (QED) is 0.521. The summed E-state index contributed by atoms with van der Waals surface area (Å²) in [6, 6.07) is 0. The number of hydrogen-bond acceptors (Lipinski definition) is 1. The Labute approximate surface area is 39.1 Å². The van der Waals surface area contributed by atoms with Crippen LogP contribution in [0.1, 0.15) is 0 Å². The van der Waals surface area contributed by atoms with Crippen LogP contribution in [0.2, 0.25) is 4.44 Å². The molecule has 0 aliphatic heterocycles. The van der Waals surface area contributed by atoms with Crippen LogP contribution in [0.5, 0.6) is 0 Å². The number of aliphatic hydroxyl groups is 1. The fourth-order valence-electron chi connectivity index (χ4n) is 0. The summed E-state index contributed by atoms with van der Waals surface area (Å²) in [6.45, 7) is 0.359. The van der Waals surface area contributed by atoms with Gasteiger partial charge in [0.15, 0.2) is 0 Å². The molecule has 0 spiro atoms. The average molecular weight is 164 g/mol. The molecule has 0 amide bonds. The van der Waals surface area contributed by atoms with Gasteiger partial charge in [-0.1, -0.05) is 0 Å². The molecule has 0 bridgehead atoms. The van der Waals surface area contributed by atoms with Gasteiger partial charge in [0.05, 0.1) is 0 Å². The molecule has 1 nitrogen and oxygen atoms in total. The van der Waals surface area contributed by atoms with E-state index in [9.17, 15) is 0 Å². The minimum atomic E-state index is 0.359. The molecule has 1 N–H and O–H groups in total. The van der Waals surface area contributed by atoms with Gasteiger partial charge in [-0.3, -0.25) is 0 Å². The predicted octanol–water partition coefficient (Wildman–Crippen LogP) is -0.435. The summed E-state index contributed by atoms with van der Waals surface area (Å²) < 4.78 is 0.965. The van der Waals surface area contributed by atoms with Crippen LogP contribution >= 0.6 is 0 Å². The number of aliphatic hydroxyl groups excluding tert-OH is 1. The summed E-state index contributed by atoms with van der Waals surface area (Å²) >= 11 is 1.42. The van der Waals surface area contributed by atoms with Crippen molar-refractivity contribution in [2.45, 2.75) is 4.44 Å². The van der Waals surface area contributed by atoms with Crippen molar-refractivity contribution in [1.82, 2.24) is 0 Å². The van der Waals surface area contributed by atoms with Gasteiger partial charge in [-0.05, 0) is 0 Å². The molecule has 0 aromatic rings. The molecule has 3 radical (unpaired) electrons. The van der Waals surface area contributed by atoms with Crippen molar-refractivity contribution in [2.75, 3.05) is 6.61 Å². The van der Waals surface area contributed by atoms with Crippen LogP contribution in [0.4, 0.5) is 0 Å². The molecule has 0 fully saturated rings. The Bertz CT molecular complexity index is 8.00. The summed E-state index contributed by atoms with van der Waals surface area (Å²) in [7, 11) is 0. The first-order chi connectivity index (χ1) is 1.91. The van der Waals surface area contributed by atoms with Crippen molar-refractivity contribution in [3.63, 3.8) is 0 Å². The van der Waals surface area contributed by atoms with Gasteiger partial charge in [-0.15, -0.1) is 0 Å². The van der Waals surface area contributed by atoms with E-state index in [4.69, 9.17) is 5.11 Å². The molecule has 0 heterocycles. The van der Waals surface area contributed by atoms with Crippen LogP contribution in [-0.2, 0) is 0 Å². The summed E-state index contributed by atoms with van der Waals surface area (Å²) in [5.41, 5.74) is 0. The second-order valence-corrected chi connectivity index (χ2v) is 1.90. The molecule has 0 atom stereocenters. The fourth-order valence-corrected chi connectivity index (χ4v) is 0. The maximum absolute atomic E-state index is 7.90. The van der Waals surface area contributed by atoms with Crippen molar-refractivity contribution in [2.24, 2.45) is 0 Å². The van der Waals surface area contributed by atoms with Crippen LogP contribution in [0.25, 0.3) is 0 Å². The molecule has 0 saturated carbocycles. The SMILES string of the molecule is OC[CH2][Sn]. The third-order valence-electron chi connectivity index (χ3n) is 0.112. The van der Waals surface area contributed by atoms with Crippen LogP contribution in [0, 0.1) is 0 Å². The first kappa shape index (κ1) is 4.76. The minimum absolute atomic E-state index is 0.359. The molecule has 0 rings (SSSR count). The van der Waals surface area contributed by atoms with Gasteiger partial charge >= 0.3 is 38.7 Å². The molecule has 0 aliphatic carbocycles. The fraction of sp³-hybridized carbons (Fsp3) is 1.00. The van der Waals surface area contributed by atoms with Gasteiger partial charge in [-0.2, -0.15) is 0 Å². The summed E-state index contributed by atoms with van der Waals surface area (Å²) in [5, 5.41) is 7.90. The topological polar surface area (TPSA) is 20.2 Å². The predicted molar refractivity (Wildman–Crippen MR) is 17.6 cm³/mol. The van der Waals surface area contributed by atoms with Gasteiger partial charge in [0.1, 0.15) is 0 Å². The average Bonchev–Trinajstić information content (AvgIpc) is 1.37. The van der Waals surface area contributed by atoms with Crippen molar-refractivity contribution < 1.29 is 5.11 Å². The van der Waals surface area contributed by atoms with Gasteiger partial charge in [0, 0.05) is 0 Å². The zero-order valence-corrected chi connectivity index (χ0v) is 5.22. The molecule has 2 heteroatoms. The molecule has 4 heavy (non-hydrogen) atoms. The Balaban J connectivity index is 1.97. The summed E-state index contributed by atoms with van der Waals surface area (Å²) in [6.07, 6.45) is 0.